The van der Waals surface area contributed by atoms with Gasteiger partial charge in [-0.15, -0.1) is 0 Å². The molecule has 1 amide bonds. The molecule has 0 aromatic carbocycles. The minimum absolute atomic E-state index is 0.0510. The number of hydrogen-bond donors (Lipinski definition) is 0. The Morgan fingerprint density at radius 1 is 1.36 bits per heavy atom. The predicted molar refractivity (Wildman–Crippen MR) is 80.8 cm³/mol. The van der Waals surface area contributed by atoms with Gasteiger partial charge in [0.25, 0.3) is 0 Å². The highest BCUT2D eigenvalue weighted by Crippen LogP contribution is 2.23. The Labute approximate surface area is 131 Å². The third-order valence-electron chi connectivity index (χ3n) is 4.13. The zero-order valence-electron chi connectivity index (χ0n) is 13.5. The number of carbonyl (C=O) groups is 1. The SMILES string of the molecule is Cc1noc(C)c1S(=O)(=O)N(C)CC(=O)N1CCC(C)CC1. The Bertz CT molecular complexity index is 626. The van der Waals surface area contributed by atoms with Crippen molar-refractivity contribution in [3.05, 3.63) is 11.5 Å². The summed E-state index contributed by atoms with van der Waals surface area (Å²) in [4.78, 5) is 14.1. The van der Waals surface area contributed by atoms with Crippen molar-refractivity contribution in [3.8, 4) is 0 Å². The summed E-state index contributed by atoms with van der Waals surface area (Å²) in [6.07, 6.45) is 1.93. The maximum atomic E-state index is 12.6. The number of hydrogen-bond acceptors (Lipinski definition) is 5. The molecule has 1 aromatic rings. The third kappa shape index (κ3) is 3.33. The van der Waals surface area contributed by atoms with E-state index < -0.39 is 10.0 Å². The monoisotopic (exact) mass is 329 g/mol. The summed E-state index contributed by atoms with van der Waals surface area (Å²) in [6.45, 7) is 6.51. The molecule has 8 heteroatoms. The summed E-state index contributed by atoms with van der Waals surface area (Å²) in [7, 11) is -2.36. The quantitative estimate of drug-likeness (QED) is 0.828. The average Bonchev–Trinajstić information content (AvgIpc) is 2.79. The first-order valence-electron chi connectivity index (χ1n) is 7.40. The fourth-order valence-electron chi connectivity index (χ4n) is 2.63. The lowest BCUT2D eigenvalue weighted by molar-refractivity contribution is -0.132. The van der Waals surface area contributed by atoms with Crippen LogP contribution in [-0.2, 0) is 14.8 Å². The van der Waals surface area contributed by atoms with E-state index in [1.54, 1.807) is 18.7 Å². The van der Waals surface area contributed by atoms with Gasteiger partial charge >= 0.3 is 0 Å². The lowest BCUT2D eigenvalue weighted by Crippen LogP contribution is -2.44. The van der Waals surface area contributed by atoms with E-state index in [0.29, 0.717) is 24.7 Å². The zero-order valence-corrected chi connectivity index (χ0v) is 14.3. The molecular weight excluding hydrogens is 306 g/mol. The fourth-order valence-corrected chi connectivity index (χ4v) is 4.04. The van der Waals surface area contributed by atoms with Crippen LogP contribution in [0, 0.1) is 19.8 Å². The van der Waals surface area contributed by atoms with Gasteiger partial charge in [0.15, 0.2) is 5.76 Å². The second kappa shape index (κ2) is 6.37. The Kier molecular flexibility index (Phi) is 4.91. The van der Waals surface area contributed by atoms with Gasteiger partial charge in [-0.1, -0.05) is 12.1 Å². The molecule has 0 unspecified atom stereocenters. The van der Waals surface area contributed by atoms with Crippen LogP contribution in [0.3, 0.4) is 0 Å². The van der Waals surface area contributed by atoms with Crippen molar-refractivity contribution in [3.63, 3.8) is 0 Å². The number of piperidine rings is 1. The van der Waals surface area contributed by atoms with E-state index in [1.165, 1.54) is 7.05 Å². The summed E-state index contributed by atoms with van der Waals surface area (Å²) in [5, 5.41) is 3.67. The molecule has 124 valence electrons. The second-order valence-electron chi connectivity index (χ2n) is 5.98. The van der Waals surface area contributed by atoms with Gasteiger partial charge in [0.05, 0.1) is 6.54 Å². The van der Waals surface area contributed by atoms with Gasteiger partial charge in [0.2, 0.25) is 15.9 Å². The molecule has 0 N–H and O–H groups in total. The Morgan fingerprint density at radius 2 is 1.95 bits per heavy atom. The number of likely N-dealkylation sites (tertiary alicyclic amines) is 1. The molecule has 2 heterocycles. The van der Waals surface area contributed by atoms with Crippen LogP contribution in [0.25, 0.3) is 0 Å². The van der Waals surface area contributed by atoms with E-state index >= 15 is 0 Å². The van der Waals surface area contributed by atoms with Crippen LogP contribution in [0.5, 0.6) is 0 Å². The van der Waals surface area contributed by atoms with E-state index in [2.05, 4.69) is 12.1 Å². The molecule has 2 rings (SSSR count). The van der Waals surface area contributed by atoms with E-state index in [0.717, 1.165) is 17.1 Å². The molecule has 0 saturated carbocycles. The highest BCUT2D eigenvalue weighted by Gasteiger charge is 2.31. The highest BCUT2D eigenvalue weighted by molar-refractivity contribution is 7.89. The normalized spacial score (nSPS) is 17.2. The Hall–Kier alpha value is -1.41. The number of aryl methyl sites for hydroxylation is 2. The minimum Gasteiger partial charge on any atom is -0.360 e. The average molecular weight is 329 g/mol. The topological polar surface area (TPSA) is 83.7 Å². The molecule has 1 aliphatic heterocycles. The zero-order chi connectivity index (χ0) is 16.5. The van der Waals surface area contributed by atoms with Gasteiger partial charge < -0.3 is 9.42 Å². The van der Waals surface area contributed by atoms with Gasteiger partial charge in [-0.3, -0.25) is 4.79 Å². The van der Waals surface area contributed by atoms with Crippen molar-refractivity contribution in [2.45, 2.75) is 38.5 Å². The van der Waals surface area contributed by atoms with Crippen LogP contribution < -0.4 is 0 Å². The van der Waals surface area contributed by atoms with Crippen molar-refractivity contribution in [1.29, 1.82) is 0 Å². The fraction of sp³-hybridized carbons (Fsp3) is 0.714. The molecule has 0 aliphatic carbocycles. The molecule has 0 atom stereocenters. The van der Waals surface area contributed by atoms with E-state index in [9.17, 15) is 13.2 Å². The lowest BCUT2D eigenvalue weighted by Gasteiger charge is -2.31. The summed E-state index contributed by atoms with van der Waals surface area (Å²) in [6, 6.07) is 0. The number of rotatable bonds is 4. The second-order valence-corrected chi connectivity index (χ2v) is 7.96. The molecule has 1 fully saturated rings. The Balaban J connectivity index is 2.08. The molecule has 0 bridgehead atoms. The highest BCUT2D eigenvalue weighted by atomic mass is 32.2. The standard InChI is InChI=1S/C14H23N3O4S/c1-10-5-7-17(8-6-10)13(18)9-16(4)22(19,20)14-11(2)15-21-12(14)3/h10H,5-9H2,1-4H3. The maximum Gasteiger partial charge on any atom is 0.248 e. The van der Waals surface area contributed by atoms with Crippen molar-refractivity contribution < 1.29 is 17.7 Å². The number of sulfonamides is 1. The number of amides is 1. The summed E-state index contributed by atoms with van der Waals surface area (Å²) in [5.74, 6) is 0.696. The number of likely N-dealkylation sites (N-methyl/N-ethyl adjacent to an activating group) is 1. The molecule has 1 aliphatic rings. The van der Waals surface area contributed by atoms with Crippen LogP contribution in [0.1, 0.15) is 31.2 Å². The third-order valence-corrected chi connectivity index (χ3v) is 6.18. The Morgan fingerprint density at radius 3 is 2.45 bits per heavy atom. The van der Waals surface area contributed by atoms with Crippen molar-refractivity contribution >= 4 is 15.9 Å². The first kappa shape index (κ1) is 17.0. The molecule has 1 aromatic heterocycles. The molecule has 0 spiro atoms. The summed E-state index contributed by atoms with van der Waals surface area (Å²) < 4.78 is 31.1. The largest absolute Gasteiger partial charge is 0.360 e. The maximum absolute atomic E-state index is 12.6. The molecule has 1 saturated heterocycles. The van der Waals surface area contributed by atoms with Gasteiger partial charge in [0.1, 0.15) is 10.6 Å². The van der Waals surface area contributed by atoms with Crippen LogP contribution in [0.2, 0.25) is 0 Å². The van der Waals surface area contributed by atoms with Crippen molar-refractivity contribution in [1.82, 2.24) is 14.4 Å². The van der Waals surface area contributed by atoms with Crippen LogP contribution in [0.4, 0.5) is 0 Å². The first-order chi connectivity index (χ1) is 10.2. The lowest BCUT2D eigenvalue weighted by atomic mass is 9.99. The minimum atomic E-state index is -3.77. The number of nitrogens with zero attached hydrogens (tertiary/aromatic N) is 3. The molecule has 22 heavy (non-hydrogen) atoms. The van der Waals surface area contributed by atoms with Gasteiger partial charge in [-0.25, -0.2) is 8.42 Å². The van der Waals surface area contributed by atoms with Crippen LogP contribution in [0.15, 0.2) is 9.42 Å². The van der Waals surface area contributed by atoms with Crippen LogP contribution >= 0.6 is 0 Å². The smallest absolute Gasteiger partial charge is 0.248 e. The summed E-state index contributed by atoms with van der Waals surface area (Å²) in [5.41, 5.74) is 0.309. The first-order valence-corrected chi connectivity index (χ1v) is 8.84. The van der Waals surface area contributed by atoms with Crippen molar-refractivity contribution in [2.75, 3.05) is 26.7 Å². The van der Waals surface area contributed by atoms with Gasteiger partial charge in [-0.05, 0) is 32.6 Å². The van der Waals surface area contributed by atoms with E-state index in [4.69, 9.17) is 4.52 Å². The van der Waals surface area contributed by atoms with Crippen LogP contribution in [-0.4, -0.2) is 55.4 Å². The molecule has 0 radical (unpaired) electrons. The van der Waals surface area contributed by atoms with E-state index in [1.807, 2.05) is 0 Å². The number of carbonyl (C=O) groups excluding carboxylic acids is 1. The van der Waals surface area contributed by atoms with Gasteiger partial charge in [0, 0.05) is 20.1 Å². The number of aromatic nitrogens is 1. The van der Waals surface area contributed by atoms with Gasteiger partial charge in [-0.2, -0.15) is 4.31 Å². The van der Waals surface area contributed by atoms with E-state index in [-0.39, 0.29) is 23.1 Å². The molecular formula is C14H23N3O4S. The van der Waals surface area contributed by atoms with Crippen molar-refractivity contribution in [2.24, 2.45) is 5.92 Å². The molecule has 7 nitrogen and oxygen atoms in total. The predicted octanol–water partition coefficient (Wildman–Crippen LogP) is 1.17. The summed E-state index contributed by atoms with van der Waals surface area (Å²) >= 11 is 0.